The van der Waals surface area contributed by atoms with Gasteiger partial charge in [0, 0.05) is 17.3 Å². The second-order valence-electron chi connectivity index (χ2n) is 5.80. The average Bonchev–Trinajstić information content (AvgIpc) is 3.24. The van der Waals surface area contributed by atoms with Crippen molar-refractivity contribution in [1.82, 2.24) is 9.88 Å². The molecule has 1 aliphatic rings. The summed E-state index contributed by atoms with van der Waals surface area (Å²) in [5, 5.41) is 3.11. The van der Waals surface area contributed by atoms with E-state index in [1.807, 2.05) is 29.1 Å². The molecule has 0 aromatic carbocycles. The van der Waals surface area contributed by atoms with Gasteiger partial charge in [-0.1, -0.05) is 0 Å². The molecule has 2 amide bonds. The Morgan fingerprint density at radius 3 is 2.64 bits per heavy atom. The van der Waals surface area contributed by atoms with Crippen molar-refractivity contribution in [2.75, 3.05) is 13.2 Å². The first kappa shape index (κ1) is 17.2. The maximum Gasteiger partial charge on any atom is 0.341 e. The Balaban J connectivity index is 1.78. The highest BCUT2D eigenvalue weighted by molar-refractivity contribution is 7.15. The lowest BCUT2D eigenvalue weighted by Gasteiger charge is -2.12. The fourth-order valence-electron chi connectivity index (χ4n) is 2.85. The van der Waals surface area contributed by atoms with Crippen molar-refractivity contribution in [3.8, 4) is 5.00 Å². The Bertz CT molecular complexity index is 795. The third-order valence-electron chi connectivity index (χ3n) is 3.99. The predicted molar refractivity (Wildman–Crippen MR) is 92.8 cm³/mol. The van der Waals surface area contributed by atoms with Crippen molar-refractivity contribution in [2.24, 2.45) is 5.73 Å². The maximum atomic E-state index is 12.6. The first-order chi connectivity index (χ1) is 12.1. The van der Waals surface area contributed by atoms with Crippen LogP contribution in [0, 0.1) is 0 Å². The summed E-state index contributed by atoms with van der Waals surface area (Å²) in [6.07, 6.45) is 7.71. The molecule has 0 spiro atoms. The first-order valence-electron chi connectivity index (χ1n) is 8.06. The molecule has 0 unspecified atom stereocenters. The average molecular weight is 361 g/mol. The summed E-state index contributed by atoms with van der Waals surface area (Å²) in [5.74, 6) is -1.72. The molecule has 0 aliphatic heterocycles. The third kappa shape index (κ3) is 3.90. The number of amides is 2. The van der Waals surface area contributed by atoms with Crippen LogP contribution < -0.4 is 11.1 Å². The number of hydrogen-bond donors (Lipinski definition) is 2. The minimum atomic E-state index is -0.651. The van der Waals surface area contributed by atoms with Gasteiger partial charge in [0.05, 0.1) is 12.1 Å². The van der Waals surface area contributed by atoms with Crippen LogP contribution in [0.15, 0.2) is 24.5 Å². The number of nitrogens with zero attached hydrogens (tertiary/aromatic N) is 1. The molecule has 7 nitrogen and oxygen atoms in total. The molecule has 2 aromatic rings. The van der Waals surface area contributed by atoms with Gasteiger partial charge in [0.15, 0.2) is 6.61 Å². The number of rotatable bonds is 6. The third-order valence-corrected chi connectivity index (χ3v) is 5.30. The van der Waals surface area contributed by atoms with Crippen LogP contribution in [0.5, 0.6) is 0 Å². The van der Waals surface area contributed by atoms with E-state index in [9.17, 15) is 14.4 Å². The molecular weight excluding hydrogens is 342 g/mol. The van der Waals surface area contributed by atoms with Crippen molar-refractivity contribution in [1.29, 1.82) is 0 Å². The number of carbonyl (C=O) groups excluding carboxylic acids is 3. The lowest BCUT2D eigenvalue weighted by molar-refractivity contribution is -0.127. The van der Waals surface area contributed by atoms with Crippen molar-refractivity contribution in [2.45, 2.75) is 25.7 Å². The molecule has 0 bridgehead atoms. The maximum absolute atomic E-state index is 12.6. The fourth-order valence-corrected chi connectivity index (χ4v) is 4.20. The predicted octanol–water partition coefficient (Wildman–Crippen LogP) is 1.18. The molecule has 0 atom stereocenters. The number of nitrogens with one attached hydrogen (secondary N) is 1. The molecule has 8 heteroatoms. The Labute approximate surface area is 148 Å². The number of primary amides is 1. The van der Waals surface area contributed by atoms with E-state index in [4.69, 9.17) is 10.5 Å². The summed E-state index contributed by atoms with van der Waals surface area (Å²) in [6, 6.07) is 3.79. The van der Waals surface area contributed by atoms with Crippen molar-refractivity contribution in [3.05, 3.63) is 40.5 Å². The minimum absolute atomic E-state index is 0.279. The number of esters is 1. The number of carbonyl (C=O) groups is 3. The van der Waals surface area contributed by atoms with E-state index in [2.05, 4.69) is 5.32 Å². The molecule has 132 valence electrons. The Morgan fingerprint density at radius 1 is 1.20 bits per heavy atom. The van der Waals surface area contributed by atoms with Crippen LogP contribution in [0.4, 0.5) is 0 Å². The summed E-state index contributed by atoms with van der Waals surface area (Å²) in [5.41, 5.74) is 6.53. The largest absolute Gasteiger partial charge is 0.452 e. The summed E-state index contributed by atoms with van der Waals surface area (Å²) >= 11 is 1.60. The zero-order chi connectivity index (χ0) is 17.8. The summed E-state index contributed by atoms with van der Waals surface area (Å²) in [6.45, 7) is -0.722. The van der Waals surface area contributed by atoms with E-state index in [0.717, 1.165) is 36.2 Å². The summed E-state index contributed by atoms with van der Waals surface area (Å²) in [7, 11) is 0. The van der Waals surface area contributed by atoms with E-state index < -0.39 is 24.4 Å². The van der Waals surface area contributed by atoms with E-state index >= 15 is 0 Å². The normalized spacial score (nSPS) is 13.1. The van der Waals surface area contributed by atoms with E-state index in [1.54, 1.807) is 11.3 Å². The van der Waals surface area contributed by atoms with Crippen LogP contribution in [-0.2, 0) is 27.2 Å². The molecule has 1 aliphatic carbocycles. The van der Waals surface area contributed by atoms with Gasteiger partial charge >= 0.3 is 5.97 Å². The topological polar surface area (TPSA) is 103 Å². The first-order valence-corrected chi connectivity index (χ1v) is 8.88. The van der Waals surface area contributed by atoms with E-state index in [1.165, 1.54) is 4.88 Å². The second-order valence-corrected chi connectivity index (χ2v) is 6.88. The Hall–Kier alpha value is -2.61. The van der Waals surface area contributed by atoms with Crippen LogP contribution in [0.1, 0.15) is 33.6 Å². The second kappa shape index (κ2) is 7.52. The molecule has 3 rings (SSSR count). The van der Waals surface area contributed by atoms with Crippen molar-refractivity contribution >= 4 is 29.1 Å². The van der Waals surface area contributed by atoms with Gasteiger partial charge in [0.1, 0.15) is 5.00 Å². The van der Waals surface area contributed by atoms with Gasteiger partial charge in [-0.25, -0.2) is 4.79 Å². The molecule has 2 heterocycles. The van der Waals surface area contributed by atoms with E-state index in [0.29, 0.717) is 5.56 Å². The number of thiophene rings is 1. The summed E-state index contributed by atoms with van der Waals surface area (Å²) < 4.78 is 7.07. The number of nitrogens with two attached hydrogens (primary N) is 1. The van der Waals surface area contributed by atoms with Crippen LogP contribution in [0.25, 0.3) is 5.00 Å². The van der Waals surface area contributed by atoms with Gasteiger partial charge in [-0.3, -0.25) is 9.59 Å². The molecule has 0 saturated heterocycles. The SMILES string of the molecule is NC(=O)CNC(=O)COC(=O)c1c(-n2cccc2)sc2c1CCCC2. The number of fused-ring (bicyclic) bond motifs is 1. The highest BCUT2D eigenvalue weighted by Crippen LogP contribution is 2.37. The number of aryl methyl sites for hydroxylation is 1. The van der Waals surface area contributed by atoms with Crippen LogP contribution in [0.2, 0.25) is 0 Å². The lowest BCUT2D eigenvalue weighted by atomic mass is 9.95. The van der Waals surface area contributed by atoms with Gasteiger partial charge in [0.2, 0.25) is 5.91 Å². The highest BCUT2D eigenvalue weighted by atomic mass is 32.1. The van der Waals surface area contributed by atoms with Crippen LogP contribution >= 0.6 is 11.3 Å². The van der Waals surface area contributed by atoms with Gasteiger partial charge in [0.25, 0.3) is 5.91 Å². The summed E-state index contributed by atoms with van der Waals surface area (Å²) in [4.78, 5) is 36.1. The van der Waals surface area contributed by atoms with Gasteiger partial charge in [-0.15, -0.1) is 11.3 Å². The molecule has 0 fully saturated rings. The quantitative estimate of drug-likeness (QED) is 0.754. The van der Waals surface area contributed by atoms with Gasteiger partial charge in [-0.05, 0) is 43.4 Å². The smallest absolute Gasteiger partial charge is 0.341 e. The van der Waals surface area contributed by atoms with E-state index in [-0.39, 0.29) is 6.54 Å². The molecule has 2 aromatic heterocycles. The van der Waals surface area contributed by atoms with Crippen molar-refractivity contribution < 1.29 is 19.1 Å². The molecule has 0 saturated carbocycles. The Kier molecular flexibility index (Phi) is 5.18. The van der Waals surface area contributed by atoms with Gasteiger partial charge < -0.3 is 20.4 Å². The number of aromatic nitrogens is 1. The highest BCUT2D eigenvalue weighted by Gasteiger charge is 2.27. The zero-order valence-electron chi connectivity index (χ0n) is 13.6. The van der Waals surface area contributed by atoms with Crippen LogP contribution in [-0.4, -0.2) is 35.5 Å². The van der Waals surface area contributed by atoms with Gasteiger partial charge in [-0.2, -0.15) is 0 Å². The minimum Gasteiger partial charge on any atom is -0.452 e. The number of hydrogen-bond acceptors (Lipinski definition) is 5. The van der Waals surface area contributed by atoms with Crippen molar-refractivity contribution in [3.63, 3.8) is 0 Å². The molecular formula is C17H19N3O4S. The molecule has 0 radical (unpaired) electrons. The number of ether oxygens (including phenoxy) is 1. The molecule has 25 heavy (non-hydrogen) atoms. The Morgan fingerprint density at radius 2 is 1.92 bits per heavy atom. The monoisotopic (exact) mass is 361 g/mol. The molecule has 3 N–H and O–H groups in total. The zero-order valence-corrected chi connectivity index (χ0v) is 14.4. The lowest BCUT2D eigenvalue weighted by Crippen LogP contribution is -2.36. The van der Waals surface area contributed by atoms with Crippen LogP contribution in [0.3, 0.4) is 0 Å². The standard InChI is InChI=1S/C17H19N3O4S/c18-13(21)9-19-14(22)10-24-17(23)15-11-5-1-2-6-12(11)25-16(15)20-7-3-4-8-20/h3-4,7-8H,1-2,5-6,9-10H2,(H2,18,21)(H,19,22). The fraction of sp³-hybridized carbons (Fsp3) is 0.353.